The molecule has 0 bridgehead atoms. The van der Waals surface area contributed by atoms with Crippen molar-refractivity contribution in [3.05, 3.63) is 89.0 Å². The summed E-state index contributed by atoms with van der Waals surface area (Å²) in [5.41, 5.74) is 6.78. The number of hydrogen-bond donors (Lipinski definition) is 1. The summed E-state index contributed by atoms with van der Waals surface area (Å²) in [6, 6.07) is 23.6. The van der Waals surface area contributed by atoms with Gasteiger partial charge in [0.1, 0.15) is 5.75 Å². The first kappa shape index (κ1) is 20.2. The van der Waals surface area contributed by atoms with Gasteiger partial charge in [-0.05, 0) is 51.6 Å². The Balaban J connectivity index is 2.19. The molecule has 0 radical (unpaired) electrons. The van der Waals surface area contributed by atoms with E-state index in [-0.39, 0.29) is 10.8 Å². The molecule has 3 rings (SSSR count). The fourth-order valence-corrected chi connectivity index (χ4v) is 3.71. The molecule has 146 valence electrons. The van der Waals surface area contributed by atoms with Crippen LogP contribution in [-0.2, 0) is 17.3 Å². The van der Waals surface area contributed by atoms with Crippen molar-refractivity contribution in [1.82, 2.24) is 0 Å². The van der Waals surface area contributed by atoms with E-state index in [2.05, 4.69) is 108 Å². The molecule has 0 unspecified atom stereocenters. The summed E-state index contributed by atoms with van der Waals surface area (Å²) >= 11 is 0. The monoisotopic (exact) mass is 372 g/mol. The van der Waals surface area contributed by atoms with Gasteiger partial charge in [0.25, 0.3) is 0 Å². The molecule has 0 atom stereocenters. The molecule has 1 N–H and O–H groups in total. The highest BCUT2D eigenvalue weighted by Gasteiger charge is 2.27. The van der Waals surface area contributed by atoms with Crippen LogP contribution in [0.4, 0.5) is 0 Å². The molecule has 0 saturated heterocycles. The molecule has 0 spiro atoms. The van der Waals surface area contributed by atoms with Crippen molar-refractivity contribution in [2.45, 2.75) is 58.8 Å². The van der Waals surface area contributed by atoms with Crippen LogP contribution < -0.4 is 0 Å². The molecule has 0 heterocycles. The highest BCUT2D eigenvalue weighted by Crippen LogP contribution is 2.42. The molecule has 3 aromatic carbocycles. The maximum atomic E-state index is 11.0. The summed E-state index contributed by atoms with van der Waals surface area (Å²) in [5.74, 6) is 0.435. The predicted molar refractivity (Wildman–Crippen MR) is 120 cm³/mol. The van der Waals surface area contributed by atoms with Gasteiger partial charge in [-0.15, -0.1) is 0 Å². The molecule has 1 heteroatoms. The van der Waals surface area contributed by atoms with E-state index in [4.69, 9.17) is 0 Å². The Bertz CT molecular complexity index is 919. The third-order valence-corrected chi connectivity index (χ3v) is 5.29. The summed E-state index contributed by atoms with van der Waals surface area (Å²) in [6.45, 7) is 13.0. The number of phenols is 1. The fraction of sp³-hybridized carbons (Fsp3) is 0.333. The Hall–Kier alpha value is -2.54. The van der Waals surface area contributed by atoms with Crippen LogP contribution in [0.2, 0.25) is 0 Å². The van der Waals surface area contributed by atoms with Gasteiger partial charge in [-0.2, -0.15) is 0 Å². The van der Waals surface area contributed by atoms with E-state index < -0.39 is 0 Å². The minimum absolute atomic E-state index is 0.130. The first-order chi connectivity index (χ1) is 13.1. The maximum absolute atomic E-state index is 11.0. The van der Waals surface area contributed by atoms with Gasteiger partial charge in [0.05, 0.1) is 0 Å². The van der Waals surface area contributed by atoms with Crippen molar-refractivity contribution in [2.24, 2.45) is 0 Å². The lowest BCUT2D eigenvalue weighted by atomic mass is 9.77. The molecule has 0 aliphatic rings. The Morgan fingerprint density at radius 2 is 1.18 bits per heavy atom. The zero-order chi connectivity index (χ0) is 20.5. The molecule has 1 nitrogen and oxygen atoms in total. The van der Waals surface area contributed by atoms with Crippen LogP contribution in [0.3, 0.4) is 0 Å². The summed E-state index contributed by atoms with van der Waals surface area (Å²) < 4.78 is 0. The van der Waals surface area contributed by atoms with E-state index in [1.807, 2.05) is 0 Å². The van der Waals surface area contributed by atoms with Crippen LogP contribution in [0.1, 0.15) is 63.8 Å². The van der Waals surface area contributed by atoms with Crippen LogP contribution in [0, 0.1) is 0 Å². The summed E-state index contributed by atoms with van der Waals surface area (Å²) in [6.07, 6.45) is 0.896. The van der Waals surface area contributed by atoms with E-state index in [1.54, 1.807) is 0 Å². The second kappa shape index (κ2) is 7.47. The molecule has 28 heavy (non-hydrogen) atoms. The molecule has 0 aromatic heterocycles. The lowest BCUT2D eigenvalue weighted by Crippen LogP contribution is -2.17. The van der Waals surface area contributed by atoms with Crippen molar-refractivity contribution in [3.8, 4) is 16.9 Å². The molecule has 0 fully saturated rings. The number of benzene rings is 3. The lowest BCUT2D eigenvalue weighted by molar-refractivity contribution is 0.423. The zero-order valence-electron chi connectivity index (χ0n) is 18.0. The average Bonchev–Trinajstić information content (AvgIpc) is 2.61. The molecule has 0 aliphatic carbocycles. The number of rotatable bonds is 3. The van der Waals surface area contributed by atoms with Gasteiger partial charge < -0.3 is 5.11 Å². The molecule has 0 aliphatic heterocycles. The Morgan fingerprint density at radius 3 is 1.71 bits per heavy atom. The van der Waals surface area contributed by atoms with Crippen LogP contribution in [0.5, 0.6) is 5.75 Å². The van der Waals surface area contributed by atoms with Crippen molar-refractivity contribution in [1.29, 1.82) is 0 Å². The summed E-state index contributed by atoms with van der Waals surface area (Å²) in [4.78, 5) is 0. The van der Waals surface area contributed by atoms with E-state index in [0.717, 1.165) is 17.5 Å². The van der Waals surface area contributed by atoms with E-state index in [1.165, 1.54) is 22.3 Å². The zero-order valence-corrected chi connectivity index (χ0v) is 18.0. The SMILES string of the molecule is CC(C)(C)c1cc(-c2ccccc2Cc2ccccc2)cc(C(C)(C)C)c1O. The third-order valence-electron chi connectivity index (χ3n) is 5.29. The van der Waals surface area contributed by atoms with Gasteiger partial charge in [-0.25, -0.2) is 0 Å². The quantitative estimate of drug-likeness (QED) is 0.513. The smallest absolute Gasteiger partial charge is 0.123 e. The molecule has 0 amide bonds. The minimum Gasteiger partial charge on any atom is -0.507 e. The third kappa shape index (κ3) is 4.30. The van der Waals surface area contributed by atoms with Crippen LogP contribution in [-0.4, -0.2) is 5.11 Å². The van der Waals surface area contributed by atoms with Crippen molar-refractivity contribution in [2.75, 3.05) is 0 Å². The van der Waals surface area contributed by atoms with Crippen LogP contribution in [0.15, 0.2) is 66.7 Å². The molecular formula is C27H32O. The van der Waals surface area contributed by atoms with Gasteiger partial charge in [0, 0.05) is 11.1 Å². The molecule has 3 aromatic rings. The lowest BCUT2D eigenvalue weighted by Gasteiger charge is -2.28. The second-order valence-corrected chi connectivity index (χ2v) is 9.74. The standard InChI is InChI=1S/C27H32O/c1-26(2,3)23-17-21(18-24(25(23)28)27(4,5)6)22-15-11-10-14-20(22)16-19-12-8-7-9-13-19/h7-15,17-18,28H,16H2,1-6H3. The highest BCUT2D eigenvalue weighted by molar-refractivity contribution is 5.72. The van der Waals surface area contributed by atoms with E-state index >= 15 is 0 Å². The fourth-order valence-electron chi connectivity index (χ4n) is 3.71. The summed E-state index contributed by atoms with van der Waals surface area (Å²) in [7, 11) is 0. The van der Waals surface area contributed by atoms with E-state index in [9.17, 15) is 5.11 Å². The van der Waals surface area contributed by atoms with Gasteiger partial charge in [0.2, 0.25) is 0 Å². The normalized spacial score (nSPS) is 12.2. The second-order valence-electron chi connectivity index (χ2n) is 9.74. The Labute approximate surface area is 170 Å². The van der Waals surface area contributed by atoms with Crippen LogP contribution in [0.25, 0.3) is 11.1 Å². The Kier molecular flexibility index (Phi) is 5.39. The Morgan fingerprint density at radius 1 is 0.679 bits per heavy atom. The van der Waals surface area contributed by atoms with Gasteiger partial charge in [-0.1, -0.05) is 96.1 Å². The number of hydrogen-bond acceptors (Lipinski definition) is 1. The average molecular weight is 373 g/mol. The largest absolute Gasteiger partial charge is 0.507 e. The maximum Gasteiger partial charge on any atom is 0.123 e. The van der Waals surface area contributed by atoms with Crippen molar-refractivity contribution < 1.29 is 5.11 Å². The first-order valence-electron chi connectivity index (χ1n) is 10.1. The minimum atomic E-state index is -0.130. The van der Waals surface area contributed by atoms with Crippen molar-refractivity contribution >= 4 is 0 Å². The van der Waals surface area contributed by atoms with E-state index in [0.29, 0.717) is 5.75 Å². The highest BCUT2D eigenvalue weighted by atomic mass is 16.3. The first-order valence-corrected chi connectivity index (χ1v) is 10.1. The topological polar surface area (TPSA) is 20.2 Å². The van der Waals surface area contributed by atoms with Crippen molar-refractivity contribution in [3.63, 3.8) is 0 Å². The summed E-state index contributed by atoms with van der Waals surface area (Å²) in [5, 5.41) is 11.0. The molecular weight excluding hydrogens is 340 g/mol. The number of phenolic OH excluding ortho intramolecular Hbond substituents is 1. The molecule has 0 saturated carbocycles. The van der Waals surface area contributed by atoms with Gasteiger partial charge >= 0.3 is 0 Å². The van der Waals surface area contributed by atoms with Gasteiger partial charge in [0.15, 0.2) is 0 Å². The number of aromatic hydroxyl groups is 1. The predicted octanol–water partition coefficient (Wildman–Crippen LogP) is 7.25. The van der Waals surface area contributed by atoms with Gasteiger partial charge in [-0.3, -0.25) is 0 Å². The van der Waals surface area contributed by atoms with Crippen LogP contribution >= 0.6 is 0 Å².